The third-order valence-electron chi connectivity index (χ3n) is 5.09. The lowest BCUT2D eigenvalue weighted by molar-refractivity contribution is 1.18. The van der Waals surface area contributed by atoms with E-state index in [0.717, 1.165) is 12.8 Å². The number of benzene rings is 4. The number of fused-ring (bicyclic) bond motifs is 5. The first-order chi connectivity index (χ1) is 11.9. The molecule has 0 saturated carbocycles. The molecule has 1 aliphatic rings. The Kier molecular flexibility index (Phi) is 3.02. The lowest BCUT2D eigenvalue weighted by Gasteiger charge is -2.09. The van der Waals surface area contributed by atoms with Gasteiger partial charge in [-0.05, 0) is 57.0 Å². The molecule has 5 rings (SSSR count). The molecule has 1 aliphatic carbocycles. The Morgan fingerprint density at radius 1 is 0.625 bits per heavy atom. The maximum absolute atomic E-state index is 2.40. The van der Waals surface area contributed by atoms with Gasteiger partial charge in [-0.15, -0.1) is 0 Å². The summed E-state index contributed by atoms with van der Waals surface area (Å²) >= 11 is 0. The molecular weight excluding hydrogens is 288 g/mol. The maximum atomic E-state index is 2.40. The van der Waals surface area contributed by atoms with Gasteiger partial charge >= 0.3 is 0 Å². The molecule has 0 spiro atoms. The summed E-state index contributed by atoms with van der Waals surface area (Å²) < 4.78 is 0. The van der Waals surface area contributed by atoms with Crippen LogP contribution in [0, 0.1) is 0 Å². The summed E-state index contributed by atoms with van der Waals surface area (Å²) in [5.74, 6) is 0. The van der Waals surface area contributed by atoms with E-state index in [0.29, 0.717) is 0 Å². The molecule has 0 unspecified atom stereocenters. The Labute approximate surface area is 142 Å². The molecular formula is C24H18. The molecule has 4 aromatic rings. The topological polar surface area (TPSA) is 0 Å². The molecule has 0 heterocycles. The van der Waals surface area contributed by atoms with Gasteiger partial charge < -0.3 is 0 Å². The van der Waals surface area contributed by atoms with Crippen molar-refractivity contribution in [2.75, 3.05) is 0 Å². The predicted octanol–water partition coefficient (Wildman–Crippen LogP) is 6.00. The zero-order chi connectivity index (χ0) is 15.9. The van der Waals surface area contributed by atoms with E-state index < -0.39 is 0 Å². The normalized spacial score (nSPS) is 12.2. The van der Waals surface area contributed by atoms with Crippen molar-refractivity contribution in [2.45, 2.75) is 12.8 Å². The quantitative estimate of drug-likeness (QED) is 0.375. The minimum absolute atomic E-state index is 0.994. The third kappa shape index (κ3) is 2.15. The Morgan fingerprint density at radius 3 is 2.33 bits per heavy atom. The highest BCUT2D eigenvalue weighted by Crippen LogP contribution is 2.41. The Bertz CT molecular complexity index is 1040. The molecule has 0 N–H and O–H groups in total. The van der Waals surface area contributed by atoms with Crippen molar-refractivity contribution in [3.63, 3.8) is 0 Å². The molecule has 24 heavy (non-hydrogen) atoms. The largest absolute Gasteiger partial charge is 0.0622 e. The first-order valence-corrected chi connectivity index (χ1v) is 8.55. The van der Waals surface area contributed by atoms with Crippen LogP contribution in [0.5, 0.6) is 0 Å². The Morgan fingerprint density at radius 2 is 1.42 bits per heavy atom. The van der Waals surface area contributed by atoms with Crippen molar-refractivity contribution in [1.29, 1.82) is 0 Å². The summed E-state index contributed by atoms with van der Waals surface area (Å²) in [5.41, 5.74) is 8.54. The first-order valence-electron chi connectivity index (χ1n) is 8.55. The number of hydrogen-bond donors (Lipinski definition) is 0. The van der Waals surface area contributed by atoms with E-state index in [-0.39, 0.29) is 0 Å². The van der Waals surface area contributed by atoms with Gasteiger partial charge in [0.25, 0.3) is 0 Å². The summed E-state index contributed by atoms with van der Waals surface area (Å²) in [6.45, 7) is 0. The van der Waals surface area contributed by atoms with E-state index in [1.807, 2.05) is 0 Å². The fraction of sp³-hybridized carbons (Fsp3) is 0.0833. The molecule has 4 aromatic carbocycles. The average molecular weight is 306 g/mol. The molecule has 0 aromatic heterocycles. The Balaban J connectivity index is 1.65. The maximum Gasteiger partial charge on any atom is -0.00132 e. The molecule has 0 bridgehead atoms. The van der Waals surface area contributed by atoms with Crippen LogP contribution in [0.2, 0.25) is 0 Å². The standard InChI is InChI=1S/C24H18/c1-2-6-17(7-3-1)14-18-10-11-20-16-21-13-12-19-8-4-5-9-22(19)24(21)23(20)15-18/h1-13,15H,14,16H2. The second kappa shape index (κ2) is 5.35. The summed E-state index contributed by atoms with van der Waals surface area (Å²) in [4.78, 5) is 0. The van der Waals surface area contributed by atoms with Crippen LogP contribution in [0.15, 0.2) is 84.9 Å². The summed E-state index contributed by atoms with van der Waals surface area (Å²) in [6, 6.07) is 31.0. The van der Waals surface area contributed by atoms with E-state index in [9.17, 15) is 0 Å². The number of rotatable bonds is 2. The zero-order valence-corrected chi connectivity index (χ0v) is 13.5. The molecule has 0 heteroatoms. The van der Waals surface area contributed by atoms with Crippen LogP contribution in [0.25, 0.3) is 21.9 Å². The predicted molar refractivity (Wildman–Crippen MR) is 101 cm³/mol. The lowest BCUT2D eigenvalue weighted by Crippen LogP contribution is -1.90. The van der Waals surface area contributed by atoms with Gasteiger partial charge in [0.05, 0.1) is 0 Å². The molecule has 0 atom stereocenters. The van der Waals surface area contributed by atoms with E-state index in [4.69, 9.17) is 0 Å². The fourth-order valence-electron chi connectivity index (χ4n) is 3.94. The van der Waals surface area contributed by atoms with E-state index in [1.165, 1.54) is 44.2 Å². The molecule has 0 saturated heterocycles. The van der Waals surface area contributed by atoms with Crippen LogP contribution in [0.4, 0.5) is 0 Å². The van der Waals surface area contributed by atoms with Crippen LogP contribution >= 0.6 is 0 Å². The minimum Gasteiger partial charge on any atom is -0.0622 e. The highest BCUT2D eigenvalue weighted by atomic mass is 14.2. The fourth-order valence-corrected chi connectivity index (χ4v) is 3.94. The van der Waals surface area contributed by atoms with E-state index in [1.54, 1.807) is 0 Å². The monoisotopic (exact) mass is 306 g/mol. The van der Waals surface area contributed by atoms with E-state index in [2.05, 4.69) is 84.9 Å². The molecule has 0 radical (unpaired) electrons. The van der Waals surface area contributed by atoms with Crippen LogP contribution in [-0.4, -0.2) is 0 Å². The SMILES string of the molecule is c1ccc(Cc2ccc3c(c2)-c2c(ccc4ccccc24)C3)cc1. The molecule has 0 amide bonds. The van der Waals surface area contributed by atoms with Gasteiger partial charge in [0.2, 0.25) is 0 Å². The van der Waals surface area contributed by atoms with Crippen LogP contribution in [-0.2, 0) is 12.8 Å². The second-order valence-corrected chi connectivity index (χ2v) is 6.65. The number of hydrogen-bond acceptors (Lipinski definition) is 0. The van der Waals surface area contributed by atoms with Gasteiger partial charge in [0.15, 0.2) is 0 Å². The van der Waals surface area contributed by atoms with Gasteiger partial charge in [0.1, 0.15) is 0 Å². The summed E-state index contributed by atoms with van der Waals surface area (Å²) in [5, 5.41) is 2.71. The molecule has 0 aliphatic heterocycles. The summed E-state index contributed by atoms with van der Waals surface area (Å²) in [7, 11) is 0. The first kappa shape index (κ1) is 13.6. The van der Waals surface area contributed by atoms with E-state index >= 15 is 0 Å². The van der Waals surface area contributed by atoms with Crippen molar-refractivity contribution < 1.29 is 0 Å². The van der Waals surface area contributed by atoms with Gasteiger partial charge in [-0.25, -0.2) is 0 Å². The highest BCUT2D eigenvalue weighted by molar-refractivity contribution is 6.01. The van der Waals surface area contributed by atoms with Gasteiger partial charge in [-0.2, -0.15) is 0 Å². The highest BCUT2D eigenvalue weighted by Gasteiger charge is 2.20. The zero-order valence-electron chi connectivity index (χ0n) is 13.5. The van der Waals surface area contributed by atoms with Crippen LogP contribution in [0.3, 0.4) is 0 Å². The smallest absolute Gasteiger partial charge is 0.00132 e. The van der Waals surface area contributed by atoms with Gasteiger partial charge in [-0.1, -0.05) is 84.9 Å². The average Bonchev–Trinajstić information content (AvgIpc) is 3.01. The van der Waals surface area contributed by atoms with Crippen molar-refractivity contribution in [1.82, 2.24) is 0 Å². The second-order valence-electron chi connectivity index (χ2n) is 6.65. The van der Waals surface area contributed by atoms with Crippen molar-refractivity contribution in [3.8, 4) is 11.1 Å². The Hall–Kier alpha value is -2.86. The summed E-state index contributed by atoms with van der Waals surface area (Å²) in [6.07, 6.45) is 2.05. The van der Waals surface area contributed by atoms with Crippen molar-refractivity contribution in [2.24, 2.45) is 0 Å². The van der Waals surface area contributed by atoms with Crippen molar-refractivity contribution >= 4 is 10.8 Å². The molecule has 0 nitrogen and oxygen atoms in total. The van der Waals surface area contributed by atoms with Gasteiger partial charge in [-0.3, -0.25) is 0 Å². The molecule has 0 fully saturated rings. The van der Waals surface area contributed by atoms with Crippen molar-refractivity contribution in [3.05, 3.63) is 107 Å². The van der Waals surface area contributed by atoms with Crippen LogP contribution in [0.1, 0.15) is 22.3 Å². The van der Waals surface area contributed by atoms with Gasteiger partial charge in [0, 0.05) is 0 Å². The minimum atomic E-state index is 0.994. The lowest BCUT2D eigenvalue weighted by atomic mass is 9.95. The van der Waals surface area contributed by atoms with Crippen LogP contribution < -0.4 is 0 Å². The molecule has 114 valence electrons. The third-order valence-corrected chi connectivity index (χ3v) is 5.09.